The average molecular weight is 283 g/mol. The standard InChI is InChI=1S/C12H21N5O3/c1-5-16(6-7-18)11-9(17(19)20)10(13-8-14-11)15-12(2,3)4/h8,18H,5-7H2,1-4H3,(H,13,14,15). The quantitative estimate of drug-likeness (QED) is 0.600. The largest absolute Gasteiger partial charge is 0.395 e. The molecule has 1 heterocycles. The minimum absolute atomic E-state index is 0.100. The predicted molar refractivity (Wildman–Crippen MR) is 77.0 cm³/mol. The Morgan fingerprint density at radius 1 is 1.45 bits per heavy atom. The van der Waals surface area contributed by atoms with Gasteiger partial charge in [-0.15, -0.1) is 0 Å². The lowest BCUT2D eigenvalue weighted by atomic mass is 10.1. The molecule has 0 unspecified atom stereocenters. The molecule has 0 aliphatic carbocycles. The van der Waals surface area contributed by atoms with Gasteiger partial charge in [-0.1, -0.05) is 0 Å². The number of nitro groups is 1. The zero-order chi connectivity index (χ0) is 15.3. The van der Waals surface area contributed by atoms with Gasteiger partial charge >= 0.3 is 5.69 Å². The summed E-state index contributed by atoms with van der Waals surface area (Å²) in [7, 11) is 0. The van der Waals surface area contributed by atoms with Gasteiger partial charge in [0, 0.05) is 18.6 Å². The van der Waals surface area contributed by atoms with Crippen molar-refractivity contribution in [2.45, 2.75) is 33.2 Å². The van der Waals surface area contributed by atoms with Crippen LogP contribution in [0.15, 0.2) is 6.33 Å². The second kappa shape index (κ2) is 6.47. The maximum Gasteiger partial charge on any atom is 0.353 e. The number of nitrogens with one attached hydrogen (secondary N) is 1. The monoisotopic (exact) mass is 283 g/mol. The zero-order valence-electron chi connectivity index (χ0n) is 12.3. The lowest BCUT2D eigenvalue weighted by Gasteiger charge is -2.24. The van der Waals surface area contributed by atoms with Gasteiger partial charge in [0.2, 0.25) is 11.6 Å². The lowest BCUT2D eigenvalue weighted by Crippen LogP contribution is -2.30. The summed E-state index contributed by atoms with van der Waals surface area (Å²) in [4.78, 5) is 20.5. The van der Waals surface area contributed by atoms with Crippen molar-refractivity contribution in [1.29, 1.82) is 0 Å². The Hall–Kier alpha value is -1.96. The number of hydrogen-bond acceptors (Lipinski definition) is 7. The van der Waals surface area contributed by atoms with Crippen LogP contribution >= 0.6 is 0 Å². The normalized spacial score (nSPS) is 11.2. The van der Waals surface area contributed by atoms with Gasteiger partial charge in [0.15, 0.2) is 0 Å². The second-order valence-corrected chi connectivity index (χ2v) is 5.33. The number of likely N-dealkylation sites (N-methyl/N-ethyl adjacent to an activating group) is 1. The fourth-order valence-electron chi connectivity index (χ4n) is 1.75. The number of nitrogens with zero attached hydrogens (tertiary/aromatic N) is 4. The van der Waals surface area contributed by atoms with E-state index in [1.807, 2.05) is 27.7 Å². The lowest BCUT2D eigenvalue weighted by molar-refractivity contribution is -0.383. The van der Waals surface area contributed by atoms with Crippen LogP contribution in [0.25, 0.3) is 0 Å². The van der Waals surface area contributed by atoms with E-state index in [2.05, 4.69) is 15.3 Å². The van der Waals surface area contributed by atoms with E-state index in [9.17, 15) is 10.1 Å². The van der Waals surface area contributed by atoms with Crippen molar-refractivity contribution in [1.82, 2.24) is 9.97 Å². The third-order valence-corrected chi connectivity index (χ3v) is 2.53. The van der Waals surface area contributed by atoms with Gasteiger partial charge < -0.3 is 15.3 Å². The molecule has 8 nitrogen and oxygen atoms in total. The van der Waals surface area contributed by atoms with Crippen LogP contribution in [0.4, 0.5) is 17.3 Å². The minimum Gasteiger partial charge on any atom is -0.395 e. The third-order valence-electron chi connectivity index (χ3n) is 2.53. The Balaban J connectivity index is 3.31. The Labute approximate surface area is 118 Å². The van der Waals surface area contributed by atoms with Gasteiger partial charge in [-0.05, 0) is 27.7 Å². The van der Waals surface area contributed by atoms with E-state index in [0.717, 1.165) is 0 Å². The van der Waals surface area contributed by atoms with Crippen LogP contribution in [0.2, 0.25) is 0 Å². The Morgan fingerprint density at radius 3 is 2.55 bits per heavy atom. The summed E-state index contributed by atoms with van der Waals surface area (Å²) >= 11 is 0. The molecule has 0 radical (unpaired) electrons. The number of aromatic nitrogens is 2. The van der Waals surface area contributed by atoms with Crippen molar-refractivity contribution in [3.63, 3.8) is 0 Å². The van der Waals surface area contributed by atoms with Crippen molar-refractivity contribution < 1.29 is 10.0 Å². The van der Waals surface area contributed by atoms with Crippen LogP contribution in [0, 0.1) is 10.1 Å². The Bertz CT molecular complexity index is 473. The summed E-state index contributed by atoms with van der Waals surface area (Å²) in [6, 6.07) is 0. The number of hydrogen-bond donors (Lipinski definition) is 2. The van der Waals surface area contributed by atoms with Crippen molar-refractivity contribution >= 4 is 17.3 Å². The highest BCUT2D eigenvalue weighted by molar-refractivity contribution is 5.70. The molecule has 0 aromatic carbocycles. The van der Waals surface area contributed by atoms with Crippen molar-refractivity contribution in [3.05, 3.63) is 16.4 Å². The van der Waals surface area contributed by atoms with E-state index in [4.69, 9.17) is 5.11 Å². The van der Waals surface area contributed by atoms with Crippen LogP contribution in [-0.2, 0) is 0 Å². The van der Waals surface area contributed by atoms with Gasteiger partial charge in [0.25, 0.3) is 0 Å². The SMILES string of the molecule is CCN(CCO)c1ncnc(NC(C)(C)C)c1[N+](=O)[O-]. The molecule has 2 N–H and O–H groups in total. The Morgan fingerprint density at radius 2 is 2.10 bits per heavy atom. The van der Waals surface area contributed by atoms with Gasteiger partial charge in [0.1, 0.15) is 6.33 Å². The van der Waals surface area contributed by atoms with E-state index >= 15 is 0 Å². The van der Waals surface area contributed by atoms with Gasteiger partial charge in [0.05, 0.1) is 11.5 Å². The van der Waals surface area contributed by atoms with Gasteiger partial charge in [-0.2, -0.15) is 0 Å². The smallest absolute Gasteiger partial charge is 0.353 e. The molecule has 1 aromatic heterocycles. The summed E-state index contributed by atoms with van der Waals surface area (Å²) in [5.41, 5.74) is -0.526. The van der Waals surface area contributed by atoms with Gasteiger partial charge in [-0.3, -0.25) is 10.1 Å². The highest BCUT2D eigenvalue weighted by atomic mass is 16.6. The molecule has 0 saturated heterocycles. The molecule has 1 aromatic rings. The molecule has 20 heavy (non-hydrogen) atoms. The van der Waals surface area contributed by atoms with Crippen LogP contribution < -0.4 is 10.2 Å². The molecule has 0 amide bonds. The average Bonchev–Trinajstić information content (AvgIpc) is 2.33. The first-order valence-electron chi connectivity index (χ1n) is 6.43. The van der Waals surface area contributed by atoms with E-state index in [-0.39, 0.29) is 36.0 Å². The molecule has 0 aliphatic heterocycles. The minimum atomic E-state index is -0.497. The molecular weight excluding hydrogens is 262 g/mol. The maximum absolute atomic E-state index is 11.3. The molecule has 112 valence electrons. The fraction of sp³-hybridized carbons (Fsp3) is 0.667. The number of aliphatic hydroxyl groups excluding tert-OH is 1. The van der Waals surface area contributed by atoms with Crippen molar-refractivity contribution in [2.75, 3.05) is 29.9 Å². The van der Waals surface area contributed by atoms with Crippen LogP contribution in [0.1, 0.15) is 27.7 Å². The predicted octanol–water partition coefficient (Wildman–Crippen LogP) is 1.41. The van der Waals surface area contributed by atoms with Crippen LogP contribution in [0.5, 0.6) is 0 Å². The van der Waals surface area contributed by atoms with E-state index < -0.39 is 4.92 Å². The van der Waals surface area contributed by atoms with E-state index in [1.165, 1.54) is 6.33 Å². The molecule has 0 saturated carbocycles. The van der Waals surface area contributed by atoms with Crippen molar-refractivity contribution in [3.8, 4) is 0 Å². The molecule has 0 bridgehead atoms. The summed E-state index contributed by atoms with van der Waals surface area (Å²) in [5, 5.41) is 23.4. The topological polar surface area (TPSA) is 104 Å². The second-order valence-electron chi connectivity index (χ2n) is 5.33. The number of anilines is 2. The zero-order valence-corrected chi connectivity index (χ0v) is 12.3. The van der Waals surface area contributed by atoms with Gasteiger partial charge in [-0.25, -0.2) is 9.97 Å². The summed E-state index contributed by atoms with van der Waals surface area (Å²) in [6.45, 7) is 8.21. The Kier molecular flexibility index (Phi) is 5.20. The molecular formula is C12H21N5O3. The number of rotatable bonds is 6. The highest BCUT2D eigenvalue weighted by Crippen LogP contribution is 2.32. The molecule has 0 fully saturated rings. The van der Waals surface area contributed by atoms with Crippen LogP contribution in [-0.4, -0.2) is 45.2 Å². The molecule has 8 heteroatoms. The first-order valence-corrected chi connectivity index (χ1v) is 6.43. The van der Waals surface area contributed by atoms with Crippen LogP contribution in [0.3, 0.4) is 0 Å². The maximum atomic E-state index is 11.3. The van der Waals surface area contributed by atoms with E-state index in [1.54, 1.807) is 4.90 Å². The fourth-order valence-corrected chi connectivity index (χ4v) is 1.75. The summed E-state index contributed by atoms with van der Waals surface area (Å²) in [6.07, 6.45) is 1.29. The van der Waals surface area contributed by atoms with Crippen molar-refractivity contribution in [2.24, 2.45) is 0 Å². The molecule has 1 rings (SSSR count). The summed E-state index contributed by atoms with van der Waals surface area (Å²) in [5.74, 6) is 0.400. The number of aliphatic hydroxyl groups is 1. The molecule has 0 atom stereocenters. The highest BCUT2D eigenvalue weighted by Gasteiger charge is 2.28. The van der Waals surface area contributed by atoms with E-state index in [0.29, 0.717) is 6.54 Å². The molecule has 0 aliphatic rings. The third kappa shape index (κ3) is 4.02. The first kappa shape index (κ1) is 16.1. The molecule has 0 spiro atoms. The summed E-state index contributed by atoms with van der Waals surface area (Å²) < 4.78 is 0. The first-order chi connectivity index (χ1) is 9.30.